The van der Waals surface area contributed by atoms with Crippen LogP contribution in [0.2, 0.25) is 0 Å². The highest BCUT2D eigenvalue weighted by Gasteiger charge is 1.94. The molecule has 0 saturated carbocycles. The van der Waals surface area contributed by atoms with Crippen molar-refractivity contribution in [2.24, 2.45) is 5.73 Å². The Hall–Kier alpha value is -0.460. The zero-order valence-electron chi connectivity index (χ0n) is 14.3. The highest BCUT2D eigenvalue weighted by molar-refractivity contribution is 4.95. The van der Waals surface area contributed by atoms with Gasteiger partial charge in [-0.05, 0) is 19.3 Å². The summed E-state index contributed by atoms with van der Waals surface area (Å²) < 4.78 is 0. The normalized spacial score (nSPS) is 12.0. The molecule has 0 amide bonds. The van der Waals surface area contributed by atoms with E-state index in [1.165, 1.54) is 83.5 Å². The van der Waals surface area contributed by atoms with Gasteiger partial charge in [-0.2, -0.15) is 0 Å². The topological polar surface area (TPSA) is 26.0 Å². The minimum Gasteiger partial charge on any atom is -0.402 e. The summed E-state index contributed by atoms with van der Waals surface area (Å²) >= 11 is 0. The highest BCUT2D eigenvalue weighted by atomic mass is 14.6. The molecule has 0 saturated heterocycles. The van der Waals surface area contributed by atoms with E-state index in [0.29, 0.717) is 0 Å². The van der Waals surface area contributed by atoms with Gasteiger partial charge in [0.05, 0.1) is 0 Å². The van der Waals surface area contributed by atoms with E-state index in [2.05, 4.69) is 19.9 Å². The average Bonchev–Trinajstić information content (AvgIpc) is 2.44. The van der Waals surface area contributed by atoms with E-state index in [0.717, 1.165) is 18.5 Å². The van der Waals surface area contributed by atoms with Crippen LogP contribution in [0.15, 0.2) is 11.8 Å². The molecule has 0 aromatic heterocycles. The SMILES string of the molecule is CC/C=C(/N)CCCCCCCCCCCCCCC. The molecule has 1 heteroatoms. The Morgan fingerprint density at radius 2 is 1.05 bits per heavy atom. The summed E-state index contributed by atoms with van der Waals surface area (Å²) in [6.45, 7) is 4.44. The van der Waals surface area contributed by atoms with Gasteiger partial charge in [0.25, 0.3) is 0 Å². The van der Waals surface area contributed by atoms with Crippen molar-refractivity contribution in [2.75, 3.05) is 0 Å². The second-order valence-electron chi connectivity index (χ2n) is 6.18. The van der Waals surface area contributed by atoms with Crippen molar-refractivity contribution in [2.45, 2.75) is 110 Å². The van der Waals surface area contributed by atoms with Crippen LogP contribution in [-0.2, 0) is 0 Å². The molecular weight excluding hydrogens is 242 g/mol. The Labute approximate surface area is 128 Å². The van der Waals surface area contributed by atoms with Crippen molar-refractivity contribution < 1.29 is 0 Å². The Morgan fingerprint density at radius 1 is 0.650 bits per heavy atom. The lowest BCUT2D eigenvalue weighted by molar-refractivity contribution is 0.539. The van der Waals surface area contributed by atoms with E-state index in [-0.39, 0.29) is 0 Å². The van der Waals surface area contributed by atoms with Crippen molar-refractivity contribution in [3.8, 4) is 0 Å². The molecule has 0 heterocycles. The Morgan fingerprint density at radius 3 is 1.45 bits per heavy atom. The number of hydrogen-bond donors (Lipinski definition) is 1. The van der Waals surface area contributed by atoms with Crippen LogP contribution in [0, 0.1) is 0 Å². The molecule has 0 aliphatic heterocycles. The maximum atomic E-state index is 5.88. The molecule has 1 nitrogen and oxygen atoms in total. The Balaban J connectivity index is 3.04. The Bertz CT molecular complexity index is 208. The summed E-state index contributed by atoms with van der Waals surface area (Å²) in [6, 6.07) is 0. The molecule has 0 rings (SSSR count). The number of hydrogen-bond acceptors (Lipinski definition) is 1. The monoisotopic (exact) mass is 281 g/mol. The third-order valence-corrected chi connectivity index (χ3v) is 4.04. The lowest BCUT2D eigenvalue weighted by atomic mass is 10.0. The van der Waals surface area contributed by atoms with Gasteiger partial charge < -0.3 is 5.73 Å². The van der Waals surface area contributed by atoms with E-state index in [9.17, 15) is 0 Å². The fraction of sp³-hybridized carbons (Fsp3) is 0.895. The molecule has 0 aliphatic rings. The maximum absolute atomic E-state index is 5.88. The van der Waals surface area contributed by atoms with Crippen molar-refractivity contribution >= 4 is 0 Å². The molecule has 20 heavy (non-hydrogen) atoms. The first-order valence-electron chi connectivity index (χ1n) is 9.25. The standard InChI is InChI=1S/C19H39N/c1-3-5-6-7-8-9-10-11-12-13-14-15-16-18-19(20)17-4-2/h17H,3-16,18,20H2,1-2H3/b19-17+. The number of allylic oxidation sites excluding steroid dienone is 2. The number of nitrogens with two attached hydrogens (primary N) is 1. The van der Waals surface area contributed by atoms with E-state index < -0.39 is 0 Å². The zero-order chi connectivity index (χ0) is 14.9. The smallest absolute Gasteiger partial charge is 0.00398 e. The third-order valence-electron chi connectivity index (χ3n) is 4.04. The first kappa shape index (κ1) is 19.5. The van der Waals surface area contributed by atoms with Crippen molar-refractivity contribution in [3.63, 3.8) is 0 Å². The van der Waals surface area contributed by atoms with Crippen LogP contribution in [0.5, 0.6) is 0 Å². The summed E-state index contributed by atoms with van der Waals surface area (Å²) in [4.78, 5) is 0. The van der Waals surface area contributed by atoms with Crippen molar-refractivity contribution in [1.82, 2.24) is 0 Å². The minimum absolute atomic E-state index is 1.07. The molecule has 0 fully saturated rings. The van der Waals surface area contributed by atoms with Crippen LogP contribution in [0.1, 0.15) is 110 Å². The van der Waals surface area contributed by atoms with Crippen molar-refractivity contribution in [1.29, 1.82) is 0 Å². The fourth-order valence-electron chi connectivity index (χ4n) is 2.71. The molecule has 0 radical (unpaired) electrons. The third kappa shape index (κ3) is 15.6. The second kappa shape index (κ2) is 16.6. The summed E-state index contributed by atoms with van der Waals surface area (Å²) in [6.07, 6.45) is 22.8. The molecule has 0 unspecified atom stereocenters. The number of rotatable bonds is 15. The van der Waals surface area contributed by atoms with E-state index in [4.69, 9.17) is 5.73 Å². The molecule has 0 aliphatic carbocycles. The van der Waals surface area contributed by atoms with Gasteiger partial charge in [0, 0.05) is 5.70 Å². The molecule has 0 atom stereocenters. The molecule has 120 valence electrons. The highest BCUT2D eigenvalue weighted by Crippen LogP contribution is 2.13. The molecule has 0 bridgehead atoms. The van der Waals surface area contributed by atoms with E-state index in [1.54, 1.807) is 0 Å². The van der Waals surface area contributed by atoms with Gasteiger partial charge in [-0.3, -0.25) is 0 Å². The average molecular weight is 282 g/mol. The first-order valence-corrected chi connectivity index (χ1v) is 9.25. The van der Waals surface area contributed by atoms with Gasteiger partial charge >= 0.3 is 0 Å². The van der Waals surface area contributed by atoms with Gasteiger partial charge in [0.2, 0.25) is 0 Å². The van der Waals surface area contributed by atoms with Crippen LogP contribution in [0.4, 0.5) is 0 Å². The zero-order valence-corrected chi connectivity index (χ0v) is 14.3. The van der Waals surface area contributed by atoms with Gasteiger partial charge in [-0.1, -0.05) is 97.0 Å². The maximum Gasteiger partial charge on any atom is 0.00398 e. The van der Waals surface area contributed by atoms with E-state index in [1.807, 2.05) is 0 Å². The lowest BCUT2D eigenvalue weighted by Gasteiger charge is -2.03. The predicted octanol–water partition coefficient (Wildman–Crippen LogP) is 6.72. The largest absolute Gasteiger partial charge is 0.402 e. The predicted molar refractivity (Wildman–Crippen MR) is 92.9 cm³/mol. The van der Waals surface area contributed by atoms with Crippen LogP contribution in [0.3, 0.4) is 0 Å². The summed E-state index contributed by atoms with van der Waals surface area (Å²) in [5, 5.41) is 0. The quantitative estimate of drug-likeness (QED) is 0.331. The number of unbranched alkanes of at least 4 members (excludes halogenated alkanes) is 12. The Kier molecular flexibility index (Phi) is 16.2. The van der Waals surface area contributed by atoms with Crippen LogP contribution < -0.4 is 5.73 Å². The van der Waals surface area contributed by atoms with Crippen LogP contribution in [-0.4, -0.2) is 0 Å². The molecule has 0 aromatic rings. The summed E-state index contributed by atoms with van der Waals surface area (Å²) in [5.41, 5.74) is 6.98. The molecule has 0 aromatic carbocycles. The second-order valence-corrected chi connectivity index (χ2v) is 6.18. The van der Waals surface area contributed by atoms with Gasteiger partial charge in [-0.15, -0.1) is 0 Å². The van der Waals surface area contributed by atoms with Crippen molar-refractivity contribution in [3.05, 3.63) is 11.8 Å². The fourth-order valence-corrected chi connectivity index (χ4v) is 2.71. The molecule has 2 N–H and O–H groups in total. The molecular formula is C19H39N. The van der Waals surface area contributed by atoms with Crippen LogP contribution >= 0.6 is 0 Å². The van der Waals surface area contributed by atoms with Gasteiger partial charge in [0.15, 0.2) is 0 Å². The lowest BCUT2D eigenvalue weighted by Crippen LogP contribution is -1.96. The van der Waals surface area contributed by atoms with E-state index >= 15 is 0 Å². The molecule has 0 spiro atoms. The first-order chi connectivity index (χ1) is 9.81. The van der Waals surface area contributed by atoms with Gasteiger partial charge in [0.1, 0.15) is 0 Å². The summed E-state index contributed by atoms with van der Waals surface area (Å²) in [5.74, 6) is 0. The van der Waals surface area contributed by atoms with Crippen LogP contribution in [0.25, 0.3) is 0 Å². The summed E-state index contributed by atoms with van der Waals surface area (Å²) in [7, 11) is 0. The van der Waals surface area contributed by atoms with Gasteiger partial charge in [-0.25, -0.2) is 0 Å². The minimum atomic E-state index is 1.07.